The predicted molar refractivity (Wildman–Crippen MR) is 46.5 cm³/mol. The molecule has 0 fully saturated rings. The Balaban J connectivity index is 3.44. The number of hydrogen-bond acceptors (Lipinski definition) is 3. The van der Waals surface area contributed by atoms with Crippen molar-refractivity contribution in [1.82, 2.24) is 0 Å². The summed E-state index contributed by atoms with van der Waals surface area (Å²) in [5.41, 5.74) is 9.79. The Hall–Kier alpha value is -0.220. The van der Waals surface area contributed by atoms with E-state index in [1.807, 2.05) is 6.92 Å². The van der Waals surface area contributed by atoms with Crippen LogP contribution in [0.1, 0.15) is 26.2 Å². The van der Waals surface area contributed by atoms with Crippen LogP contribution in [0.2, 0.25) is 0 Å². The van der Waals surface area contributed by atoms with Crippen molar-refractivity contribution in [2.24, 2.45) is 11.0 Å². The highest BCUT2D eigenvalue weighted by molar-refractivity contribution is 7.53. The van der Waals surface area contributed by atoms with Crippen LogP contribution in [0.15, 0.2) is 0 Å². The molecule has 0 heterocycles. The van der Waals surface area contributed by atoms with E-state index >= 15 is 0 Å². The molecule has 12 heavy (non-hydrogen) atoms. The van der Waals surface area contributed by atoms with Gasteiger partial charge in [0.25, 0.3) is 0 Å². The number of hydrogen-bond donors (Lipinski definition) is 2. The van der Waals surface area contributed by atoms with Crippen LogP contribution < -0.4 is 11.0 Å². The van der Waals surface area contributed by atoms with Gasteiger partial charge in [0, 0.05) is 12.8 Å². The molecular weight excluding hydrogens is 179 g/mol. The molecule has 0 bridgehead atoms. The summed E-state index contributed by atoms with van der Waals surface area (Å²) < 4.78 is 15.1. The average Bonchev–Trinajstić information content (AvgIpc) is 1.84. The van der Waals surface area contributed by atoms with Crippen LogP contribution in [0.3, 0.4) is 0 Å². The number of nitrogens with two attached hydrogens (primary N) is 2. The van der Waals surface area contributed by atoms with Gasteiger partial charge < -0.3 is 4.52 Å². The van der Waals surface area contributed by atoms with Crippen LogP contribution in [-0.2, 0) is 13.9 Å². The zero-order valence-electron chi connectivity index (χ0n) is 7.16. The second kappa shape index (κ2) is 5.43. The van der Waals surface area contributed by atoms with Crippen molar-refractivity contribution < 1.29 is 13.9 Å². The predicted octanol–water partition coefficient (Wildman–Crippen LogP) is 0.788. The highest BCUT2D eigenvalue weighted by Crippen LogP contribution is 2.25. The maximum atomic E-state index is 10.9. The molecule has 0 atom stereocenters. The molecule has 0 rings (SSSR count). The van der Waals surface area contributed by atoms with E-state index in [0.29, 0.717) is 6.42 Å². The van der Waals surface area contributed by atoms with E-state index in [1.54, 1.807) is 0 Å². The minimum Gasteiger partial charge on any atom is -0.306 e. The quantitative estimate of drug-likeness (QED) is 0.609. The highest BCUT2D eigenvalue weighted by atomic mass is 31.2. The second-order valence-electron chi connectivity index (χ2n) is 2.52. The Labute approximate surface area is 72.0 Å². The standard InChI is InChI=1S/C6H15N2O3P/c1-2-3-6(9)4-5-11-12(7,8)10/h2-5H2,1H3,(H4,7,8,10). The molecule has 5 nitrogen and oxygen atoms in total. The maximum absolute atomic E-state index is 10.9. The molecule has 0 aromatic heterocycles. The summed E-state index contributed by atoms with van der Waals surface area (Å²) in [7, 11) is -3.39. The van der Waals surface area contributed by atoms with Gasteiger partial charge >= 0.3 is 7.67 Å². The molecule has 0 aliphatic heterocycles. The summed E-state index contributed by atoms with van der Waals surface area (Å²) in [5.74, 6) is 0.0750. The molecule has 0 aromatic carbocycles. The lowest BCUT2D eigenvalue weighted by Crippen LogP contribution is -2.11. The van der Waals surface area contributed by atoms with E-state index in [9.17, 15) is 9.36 Å². The van der Waals surface area contributed by atoms with Crippen LogP contribution in [0.5, 0.6) is 0 Å². The zero-order chi connectivity index (χ0) is 9.61. The van der Waals surface area contributed by atoms with Crippen LogP contribution in [0.4, 0.5) is 0 Å². The van der Waals surface area contributed by atoms with Gasteiger partial charge in [0.05, 0.1) is 6.61 Å². The van der Waals surface area contributed by atoms with Gasteiger partial charge in [-0.3, -0.25) is 9.36 Å². The summed E-state index contributed by atoms with van der Waals surface area (Å²) in [6, 6.07) is 0. The van der Waals surface area contributed by atoms with Gasteiger partial charge in [-0.15, -0.1) is 0 Å². The molecule has 6 heteroatoms. The van der Waals surface area contributed by atoms with Crippen LogP contribution in [0.25, 0.3) is 0 Å². The molecule has 0 aliphatic carbocycles. The fourth-order valence-electron chi connectivity index (χ4n) is 0.706. The Bertz CT molecular complexity index is 189. The third-order valence-corrected chi connectivity index (χ3v) is 1.79. The Kier molecular flexibility index (Phi) is 5.33. The largest absolute Gasteiger partial charge is 0.335 e. The summed E-state index contributed by atoms with van der Waals surface area (Å²) in [6.45, 7) is 1.96. The lowest BCUT2D eigenvalue weighted by molar-refractivity contribution is -0.119. The summed E-state index contributed by atoms with van der Waals surface area (Å²) in [4.78, 5) is 10.9. The first-order valence-electron chi connectivity index (χ1n) is 3.79. The first-order chi connectivity index (χ1) is 5.45. The SMILES string of the molecule is CCCC(=O)CCOP(N)(N)=O. The first kappa shape index (κ1) is 11.8. The lowest BCUT2D eigenvalue weighted by Gasteiger charge is -2.05. The molecule has 0 saturated heterocycles. The zero-order valence-corrected chi connectivity index (χ0v) is 8.05. The van der Waals surface area contributed by atoms with Crippen molar-refractivity contribution in [2.75, 3.05) is 6.61 Å². The first-order valence-corrected chi connectivity index (χ1v) is 5.55. The normalized spacial score (nSPS) is 11.6. The molecule has 72 valence electrons. The molecule has 0 spiro atoms. The number of ketones is 1. The van der Waals surface area contributed by atoms with Crippen molar-refractivity contribution in [2.45, 2.75) is 26.2 Å². The van der Waals surface area contributed by atoms with Gasteiger partial charge in [0.2, 0.25) is 0 Å². The van der Waals surface area contributed by atoms with Crippen molar-refractivity contribution in [3.05, 3.63) is 0 Å². The van der Waals surface area contributed by atoms with Crippen LogP contribution in [-0.4, -0.2) is 12.4 Å². The lowest BCUT2D eigenvalue weighted by atomic mass is 10.2. The fourth-order valence-corrected chi connectivity index (χ4v) is 1.08. The van der Waals surface area contributed by atoms with E-state index in [2.05, 4.69) is 4.52 Å². The minimum absolute atomic E-state index is 0.0448. The Morgan fingerprint density at radius 1 is 1.42 bits per heavy atom. The summed E-state index contributed by atoms with van der Waals surface area (Å²) in [5, 5.41) is 0. The third-order valence-electron chi connectivity index (χ3n) is 1.20. The molecule has 0 radical (unpaired) electrons. The molecular formula is C6H15N2O3P. The van der Waals surface area contributed by atoms with Gasteiger partial charge in [0.1, 0.15) is 5.78 Å². The number of rotatable bonds is 6. The van der Waals surface area contributed by atoms with Gasteiger partial charge in [-0.1, -0.05) is 6.92 Å². The topological polar surface area (TPSA) is 95.4 Å². The van der Waals surface area contributed by atoms with Gasteiger partial charge in [0.15, 0.2) is 0 Å². The molecule has 4 N–H and O–H groups in total. The van der Waals surface area contributed by atoms with Crippen molar-refractivity contribution in [3.8, 4) is 0 Å². The molecule has 0 aliphatic rings. The second-order valence-corrected chi connectivity index (χ2v) is 4.07. The van der Waals surface area contributed by atoms with E-state index in [-0.39, 0.29) is 18.8 Å². The van der Waals surface area contributed by atoms with E-state index in [4.69, 9.17) is 11.0 Å². The van der Waals surface area contributed by atoms with E-state index in [1.165, 1.54) is 0 Å². The fraction of sp³-hybridized carbons (Fsp3) is 0.833. The highest BCUT2D eigenvalue weighted by Gasteiger charge is 2.09. The Morgan fingerprint density at radius 2 is 2.00 bits per heavy atom. The minimum atomic E-state index is -3.39. The average molecular weight is 194 g/mol. The van der Waals surface area contributed by atoms with E-state index in [0.717, 1.165) is 6.42 Å². The van der Waals surface area contributed by atoms with Gasteiger partial charge in [-0.05, 0) is 6.42 Å². The molecule has 0 saturated carbocycles. The number of Topliss-reactive ketones (excluding diaryl/α,β-unsaturated/α-hetero) is 1. The molecule has 0 aromatic rings. The Morgan fingerprint density at radius 3 is 2.42 bits per heavy atom. The van der Waals surface area contributed by atoms with Gasteiger partial charge in [-0.2, -0.15) is 0 Å². The van der Waals surface area contributed by atoms with Crippen molar-refractivity contribution in [3.63, 3.8) is 0 Å². The van der Waals surface area contributed by atoms with E-state index < -0.39 is 7.67 Å². The van der Waals surface area contributed by atoms with Gasteiger partial charge in [-0.25, -0.2) is 11.0 Å². The maximum Gasteiger partial charge on any atom is 0.335 e. The monoisotopic (exact) mass is 194 g/mol. The van der Waals surface area contributed by atoms with Crippen molar-refractivity contribution in [1.29, 1.82) is 0 Å². The van der Waals surface area contributed by atoms with Crippen LogP contribution in [0, 0.1) is 0 Å². The van der Waals surface area contributed by atoms with Crippen molar-refractivity contribution >= 4 is 13.5 Å². The summed E-state index contributed by atoms with van der Waals surface area (Å²) in [6.07, 6.45) is 1.55. The smallest absolute Gasteiger partial charge is 0.306 e. The molecule has 0 amide bonds. The third kappa shape index (κ3) is 7.88. The van der Waals surface area contributed by atoms with Crippen LogP contribution >= 0.6 is 7.67 Å². The number of carbonyl (C=O) groups excluding carboxylic acids is 1. The number of carbonyl (C=O) groups is 1. The summed E-state index contributed by atoms with van der Waals surface area (Å²) >= 11 is 0. The molecule has 0 unspecified atom stereocenters.